The third-order valence-electron chi connectivity index (χ3n) is 6.31. The van der Waals surface area contributed by atoms with Gasteiger partial charge in [-0.15, -0.1) is 0 Å². The van der Waals surface area contributed by atoms with Crippen LogP contribution >= 0.6 is 0 Å². The monoisotopic (exact) mass is 584 g/mol. The van der Waals surface area contributed by atoms with E-state index in [2.05, 4.69) is 5.43 Å². The number of methoxy groups -OCH3 is 1. The fourth-order valence-corrected chi connectivity index (χ4v) is 4.65. The molecule has 0 saturated heterocycles. The maximum atomic E-state index is 13.7. The minimum Gasteiger partial charge on any atom is -0.497 e. The number of hydrazine groups is 1. The number of hydrogen-bond acceptors (Lipinski definition) is 6. The Labute approximate surface area is 253 Å². The van der Waals surface area contributed by atoms with Crippen molar-refractivity contribution in [2.75, 3.05) is 7.11 Å². The van der Waals surface area contributed by atoms with Crippen LogP contribution in [0.15, 0.2) is 103 Å². The lowest BCUT2D eigenvalue weighted by molar-refractivity contribution is -0.00226. The molecular weight excluding hydrogens is 544 g/mol. The lowest BCUT2D eigenvalue weighted by atomic mass is 9.89. The maximum Gasteiger partial charge on any atom is 0.430 e. The Morgan fingerprint density at radius 1 is 0.698 bits per heavy atom. The van der Waals surface area contributed by atoms with Gasteiger partial charge >= 0.3 is 12.2 Å². The van der Waals surface area contributed by atoms with E-state index >= 15 is 0 Å². The summed E-state index contributed by atoms with van der Waals surface area (Å²) in [7, 11) is 1.61. The molecule has 8 nitrogen and oxygen atoms in total. The quantitative estimate of drug-likeness (QED) is 0.238. The molecule has 226 valence electrons. The van der Waals surface area contributed by atoms with E-state index in [9.17, 15) is 9.59 Å². The van der Waals surface area contributed by atoms with E-state index in [0.717, 1.165) is 22.3 Å². The first kappa shape index (κ1) is 31.2. The number of carbonyl (C=O) groups excluding carboxylic acids is 2. The number of benzene rings is 3. The van der Waals surface area contributed by atoms with E-state index in [-0.39, 0.29) is 0 Å². The number of amides is 2. The van der Waals surface area contributed by atoms with Gasteiger partial charge in [-0.3, -0.25) is 0 Å². The molecule has 0 heterocycles. The maximum absolute atomic E-state index is 13.7. The highest BCUT2D eigenvalue weighted by atomic mass is 16.6. The second kappa shape index (κ2) is 13.1. The SMILES string of the molecule is COc1ccc(O[C@@H]2C=C[C@H](N(NC(=O)OC(C)(C)C)C(=O)OC(C)(C)C)C2=C(c2ccccc2)c2ccccc2)cc1. The summed E-state index contributed by atoms with van der Waals surface area (Å²) in [6.45, 7) is 10.6. The Balaban J connectivity index is 1.89. The second-order valence-electron chi connectivity index (χ2n) is 12.1. The summed E-state index contributed by atoms with van der Waals surface area (Å²) >= 11 is 0. The molecule has 2 atom stereocenters. The van der Waals surface area contributed by atoms with Crippen molar-refractivity contribution >= 4 is 17.8 Å². The van der Waals surface area contributed by atoms with Crippen LogP contribution in [-0.4, -0.2) is 47.7 Å². The number of hydrogen-bond donors (Lipinski definition) is 1. The molecule has 0 unspecified atom stereocenters. The van der Waals surface area contributed by atoms with E-state index < -0.39 is 35.5 Å². The zero-order valence-corrected chi connectivity index (χ0v) is 25.8. The van der Waals surface area contributed by atoms with E-state index in [1.807, 2.05) is 97.1 Å². The average Bonchev–Trinajstić information content (AvgIpc) is 3.34. The number of ether oxygens (including phenoxy) is 4. The lowest BCUT2D eigenvalue weighted by Gasteiger charge is -2.34. The van der Waals surface area contributed by atoms with Gasteiger partial charge in [-0.2, -0.15) is 0 Å². The van der Waals surface area contributed by atoms with E-state index in [1.165, 1.54) is 5.01 Å². The van der Waals surface area contributed by atoms with Crippen molar-refractivity contribution in [1.82, 2.24) is 10.4 Å². The van der Waals surface area contributed by atoms with Crippen LogP contribution in [0.1, 0.15) is 52.7 Å². The summed E-state index contributed by atoms with van der Waals surface area (Å²) in [5.74, 6) is 1.31. The third kappa shape index (κ3) is 8.41. The predicted molar refractivity (Wildman–Crippen MR) is 167 cm³/mol. The van der Waals surface area contributed by atoms with Crippen LogP contribution in [0.2, 0.25) is 0 Å². The molecule has 1 N–H and O–H groups in total. The van der Waals surface area contributed by atoms with Gasteiger partial charge in [-0.05, 0) is 88.6 Å². The Bertz CT molecular complexity index is 1410. The summed E-state index contributed by atoms with van der Waals surface area (Å²) in [4.78, 5) is 26.8. The van der Waals surface area contributed by atoms with Crippen LogP contribution in [-0.2, 0) is 9.47 Å². The number of nitrogens with zero attached hydrogens (tertiary/aromatic N) is 1. The molecule has 1 aliphatic carbocycles. The molecule has 4 rings (SSSR count). The Morgan fingerprint density at radius 2 is 1.21 bits per heavy atom. The largest absolute Gasteiger partial charge is 0.497 e. The fourth-order valence-electron chi connectivity index (χ4n) is 4.65. The predicted octanol–water partition coefficient (Wildman–Crippen LogP) is 7.56. The van der Waals surface area contributed by atoms with Crippen molar-refractivity contribution in [2.24, 2.45) is 0 Å². The first-order valence-corrected chi connectivity index (χ1v) is 14.2. The number of nitrogens with one attached hydrogen (secondary N) is 1. The molecular formula is C35H40N2O6. The van der Waals surface area contributed by atoms with Gasteiger partial charge in [-0.25, -0.2) is 20.0 Å². The van der Waals surface area contributed by atoms with Gasteiger partial charge in [0.1, 0.15) is 34.8 Å². The van der Waals surface area contributed by atoms with Gasteiger partial charge in [0.15, 0.2) is 0 Å². The van der Waals surface area contributed by atoms with Crippen LogP contribution in [0, 0.1) is 0 Å². The average molecular weight is 585 g/mol. The van der Waals surface area contributed by atoms with Crippen LogP contribution in [0.3, 0.4) is 0 Å². The van der Waals surface area contributed by atoms with Crippen molar-refractivity contribution < 1.29 is 28.5 Å². The van der Waals surface area contributed by atoms with E-state index in [4.69, 9.17) is 18.9 Å². The lowest BCUT2D eigenvalue weighted by Crippen LogP contribution is -2.54. The molecule has 3 aromatic carbocycles. The molecule has 1 aliphatic rings. The van der Waals surface area contributed by atoms with E-state index in [0.29, 0.717) is 11.5 Å². The molecule has 0 spiro atoms. The summed E-state index contributed by atoms with van der Waals surface area (Å²) in [5.41, 5.74) is 4.48. The minimum absolute atomic E-state index is 0.598. The van der Waals surface area contributed by atoms with Gasteiger partial charge in [0.25, 0.3) is 0 Å². The van der Waals surface area contributed by atoms with Gasteiger partial charge in [0, 0.05) is 5.57 Å². The molecule has 0 aromatic heterocycles. The topological polar surface area (TPSA) is 86.3 Å². The Kier molecular flexibility index (Phi) is 9.49. The van der Waals surface area contributed by atoms with Crippen LogP contribution in [0.25, 0.3) is 5.57 Å². The van der Waals surface area contributed by atoms with Crippen molar-refractivity contribution in [3.63, 3.8) is 0 Å². The highest BCUT2D eigenvalue weighted by Crippen LogP contribution is 2.38. The summed E-state index contributed by atoms with van der Waals surface area (Å²) in [6.07, 6.45) is 1.59. The summed E-state index contributed by atoms with van der Waals surface area (Å²) in [5, 5.41) is 1.18. The van der Waals surface area contributed by atoms with Gasteiger partial charge in [0.2, 0.25) is 0 Å². The fraction of sp³-hybridized carbons (Fsp3) is 0.314. The van der Waals surface area contributed by atoms with Crippen molar-refractivity contribution in [3.8, 4) is 11.5 Å². The normalized spacial score (nSPS) is 16.3. The molecule has 0 bridgehead atoms. The molecule has 2 amide bonds. The van der Waals surface area contributed by atoms with Gasteiger partial charge < -0.3 is 18.9 Å². The molecule has 0 aliphatic heterocycles. The van der Waals surface area contributed by atoms with Gasteiger partial charge in [0.05, 0.1) is 7.11 Å². The number of rotatable bonds is 6. The molecule has 8 heteroatoms. The standard InChI is InChI=1S/C35H40N2O6/c1-34(2,3)42-32(38)36-37(33(39)43-35(4,5)6)28-22-23-29(41-27-20-18-26(40-7)19-21-27)31(28)30(24-14-10-8-11-15-24)25-16-12-9-13-17-25/h8-23,28-29H,1-7H3,(H,36,38)/t28-,29+/m0/s1. The summed E-state index contributed by atoms with van der Waals surface area (Å²) < 4.78 is 23.1. The summed E-state index contributed by atoms with van der Waals surface area (Å²) in [6, 6.07) is 26.3. The zero-order valence-electron chi connectivity index (χ0n) is 25.8. The van der Waals surface area contributed by atoms with Crippen molar-refractivity contribution in [1.29, 1.82) is 0 Å². The minimum atomic E-state index is -0.822. The molecule has 43 heavy (non-hydrogen) atoms. The van der Waals surface area contributed by atoms with Crippen LogP contribution in [0.4, 0.5) is 9.59 Å². The first-order chi connectivity index (χ1) is 20.3. The smallest absolute Gasteiger partial charge is 0.430 e. The van der Waals surface area contributed by atoms with Crippen LogP contribution < -0.4 is 14.9 Å². The molecule has 3 aromatic rings. The Morgan fingerprint density at radius 3 is 1.70 bits per heavy atom. The zero-order chi connectivity index (χ0) is 31.2. The Hall–Kier alpha value is -4.72. The number of carbonyl (C=O) groups is 2. The first-order valence-electron chi connectivity index (χ1n) is 14.2. The van der Waals surface area contributed by atoms with Crippen LogP contribution in [0.5, 0.6) is 11.5 Å². The van der Waals surface area contributed by atoms with Crippen molar-refractivity contribution in [2.45, 2.75) is 64.9 Å². The second-order valence-corrected chi connectivity index (χ2v) is 12.1. The van der Waals surface area contributed by atoms with E-state index in [1.54, 1.807) is 48.7 Å². The molecule has 0 saturated carbocycles. The molecule has 0 fully saturated rings. The highest BCUT2D eigenvalue weighted by molar-refractivity contribution is 5.86. The van der Waals surface area contributed by atoms with Gasteiger partial charge in [-0.1, -0.05) is 66.7 Å². The molecule has 0 radical (unpaired) electrons. The van der Waals surface area contributed by atoms with Crippen molar-refractivity contribution in [3.05, 3.63) is 114 Å². The third-order valence-corrected chi connectivity index (χ3v) is 6.31. The highest BCUT2D eigenvalue weighted by Gasteiger charge is 2.40.